The summed E-state index contributed by atoms with van der Waals surface area (Å²) in [6.07, 6.45) is -5.36. The number of alkyl halides is 3. The van der Waals surface area contributed by atoms with Crippen molar-refractivity contribution < 1.29 is 17.9 Å². The molecule has 0 saturated heterocycles. The molecule has 0 spiro atoms. The summed E-state index contributed by atoms with van der Waals surface area (Å²) >= 11 is 5.75. The third-order valence-corrected chi connectivity index (χ3v) is 2.37. The van der Waals surface area contributed by atoms with E-state index in [9.17, 15) is 13.2 Å². The van der Waals surface area contributed by atoms with Gasteiger partial charge < -0.3 is 10.5 Å². The largest absolute Gasteiger partial charge is 0.495 e. The van der Waals surface area contributed by atoms with E-state index in [0.29, 0.717) is 16.3 Å². The first kappa shape index (κ1) is 13.1. The Morgan fingerprint density at radius 3 is 2.56 bits per heavy atom. The number of nitrogens with two attached hydrogens (primary N) is 1. The first-order valence-corrected chi connectivity index (χ1v) is 4.87. The molecule has 0 aliphatic heterocycles. The van der Waals surface area contributed by atoms with Gasteiger partial charge >= 0.3 is 6.18 Å². The zero-order chi connectivity index (χ0) is 12.3. The highest BCUT2D eigenvalue weighted by Crippen LogP contribution is 2.32. The van der Waals surface area contributed by atoms with Gasteiger partial charge in [-0.1, -0.05) is 17.7 Å². The number of hydrogen-bond donors (Lipinski definition) is 1. The van der Waals surface area contributed by atoms with Crippen LogP contribution in [0.2, 0.25) is 5.02 Å². The van der Waals surface area contributed by atoms with Crippen molar-refractivity contribution >= 4 is 11.6 Å². The van der Waals surface area contributed by atoms with Gasteiger partial charge in [-0.3, -0.25) is 0 Å². The van der Waals surface area contributed by atoms with Gasteiger partial charge in [0.1, 0.15) is 5.75 Å². The maximum absolute atomic E-state index is 12.1. The second kappa shape index (κ2) is 4.93. The summed E-state index contributed by atoms with van der Waals surface area (Å²) in [4.78, 5) is 0. The predicted molar refractivity (Wildman–Crippen MR) is 55.6 cm³/mol. The molecule has 0 unspecified atom stereocenters. The molecule has 0 aliphatic rings. The Morgan fingerprint density at radius 2 is 2.06 bits per heavy atom. The average molecular weight is 254 g/mol. The van der Waals surface area contributed by atoms with Gasteiger partial charge in [-0.25, -0.2) is 0 Å². The third kappa shape index (κ3) is 3.57. The first-order valence-electron chi connectivity index (χ1n) is 4.49. The molecule has 0 aliphatic carbocycles. The molecule has 0 amide bonds. The van der Waals surface area contributed by atoms with E-state index in [4.69, 9.17) is 22.1 Å². The molecule has 16 heavy (non-hydrogen) atoms. The predicted octanol–water partition coefficient (Wildman–Crippen LogP) is 3.30. The smallest absolute Gasteiger partial charge is 0.390 e. The Balaban J connectivity index is 2.88. The summed E-state index contributed by atoms with van der Waals surface area (Å²) in [6.45, 7) is 0. The maximum atomic E-state index is 12.1. The molecular weight excluding hydrogens is 243 g/mol. The second-order valence-electron chi connectivity index (χ2n) is 3.32. The first-order chi connectivity index (χ1) is 7.33. The Hall–Kier alpha value is -0.940. The summed E-state index contributed by atoms with van der Waals surface area (Å²) in [7, 11) is 1.39. The minimum Gasteiger partial charge on any atom is -0.495 e. The Labute approximate surface area is 96.1 Å². The van der Waals surface area contributed by atoms with Crippen molar-refractivity contribution in [2.24, 2.45) is 5.73 Å². The van der Waals surface area contributed by atoms with Crippen molar-refractivity contribution in [1.29, 1.82) is 0 Å². The van der Waals surface area contributed by atoms with Gasteiger partial charge in [0, 0.05) is 6.04 Å². The summed E-state index contributed by atoms with van der Waals surface area (Å²) < 4.78 is 41.2. The van der Waals surface area contributed by atoms with Crippen LogP contribution in [0, 0.1) is 0 Å². The van der Waals surface area contributed by atoms with Crippen LogP contribution < -0.4 is 10.5 Å². The molecule has 0 bridgehead atoms. The number of halogens is 4. The molecule has 0 aromatic heterocycles. The molecule has 0 heterocycles. The van der Waals surface area contributed by atoms with Crippen LogP contribution in [0.5, 0.6) is 5.75 Å². The molecule has 90 valence electrons. The normalized spacial score (nSPS) is 13.6. The van der Waals surface area contributed by atoms with Gasteiger partial charge in [-0.2, -0.15) is 13.2 Å². The van der Waals surface area contributed by atoms with Crippen LogP contribution in [-0.4, -0.2) is 13.3 Å². The van der Waals surface area contributed by atoms with Crippen LogP contribution in [0.15, 0.2) is 18.2 Å². The van der Waals surface area contributed by atoms with Crippen molar-refractivity contribution in [2.75, 3.05) is 7.11 Å². The number of ether oxygens (including phenoxy) is 1. The molecule has 1 aromatic rings. The SMILES string of the molecule is COc1cc([C@@H](N)CC(F)(F)F)ccc1Cl. The monoisotopic (exact) mass is 253 g/mol. The van der Waals surface area contributed by atoms with Crippen molar-refractivity contribution in [3.8, 4) is 5.75 Å². The van der Waals surface area contributed by atoms with Gasteiger partial charge in [0.25, 0.3) is 0 Å². The van der Waals surface area contributed by atoms with E-state index in [2.05, 4.69) is 0 Å². The van der Waals surface area contributed by atoms with Crippen LogP contribution in [0.1, 0.15) is 18.0 Å². The number of hydrogen-bond acceptors (Lipinski definition) is 2. The van der Waals surface area contributed by atoms with Gasteiger partial charge in [-0.15, -0.1) is 0 Å². The fourth-order valence-corrected chi connectivity index (χ4v) is 1.47. The van der Waals surface area contributed by atoms with Gasteiger partial charge in [0.05, 0.1) is 18.6 Å². The zero-order valence-corrected chi connectivity index (χ0v) is 9.27. The highest BCUT2D eigenvalue weighted by Gasteiger charge is 2.31. The van der Waals surface area contributed by atoms with E-state index in [1.54, 1.807) is 0 Å². The van der Waals surface area contributed by atoms with Crippen molar-refractivity contribution in [3.05, 3.63) is 28.8 Å². The van der Waals surface area contributed by atoms with Crippen molar-refractivity contribution in [1.82, 2.24) is 0 Å². The Morgan fingerprint density at radius 1 is 1.44 bits per heavy atom. The summed E-state index contributed by atoms with van der Waals surface area (Å²) in [5, 5.41) is 0.338. The fraction of sp³-hybridized carbons (Fsp3) is 0.400. The lowest BCUT2D eigenvalue weighted by Gasteiger charge is -2.15. The van der Waals surface area contributed by atoms with Gasteiger partial charge in [0.15, 0.2) is 0 Å². The Bertz CT molecular complexity index is 368. The van der Waals surface area contributed by atoms with E-state index in [-0.39, 0.29) is 0 Å². The lowest BCUT2D eigenvalue weighted by molar-refractivity contribution is -0.138. The van der Waals surface area contributed by atoms with Crippen molar-refractivity contribution in [3.63, 3.8) is 0 Å². The van der Waals surface area contributed by atoms with E-state index in [0.717, 1.165) is 0 Å². The van der Waals surface area contributed by atoms with Crippen LogP contribution >= 0.6 is 11.6 Å². The summed E-state index contributed by atoms with van der Waals surface area (Å²) in [5.41, 5.74) is 5.78. The quantitative estimate of drug-likeness (QED) is 0.897. The highest BCUT2D eigenvalue weighted by molar-refractivity contribution is 6.32. The molecule has 0 saturated carbocycles. The van der Waals surface area contributed by atoms with E-state index < -0.39 is 18.6 Å². The van der Waals surface area contributed by atoms with Crippen molar-refractivity contribution in [2.45, 2.75) is 18.6 Å². The Kier molecular flexibility index (Phi) is 4.04. The molecule has 0 radical (unpaired) electrons. The number of rotatable bonds is 3. The molecule has 0 fully saturated rings. The minimum absolute atomic E-state index is 0.316. The summed E-state index contributed by atoms with van der Waals surface area (Å²) in [5.74, 6) is 0.316. The van der Waals surface area contributed by atoms with Crippen LogP contribution in [0.4, 0.5) is 13.2 Å². The lowest BCUT2D eigenvalue weighted by atomic mass is 10.0. The molecule has 6 heteroatoms. The average Bonchev–Trinajstić information content (AvgIpc) is 2.15. The molecule has 1 atom stereocenters. The number of benzene rings is 1. The summed E-state index contributed by atoms with van der Waals surface area (Å²) in [6, 6.07) is 3.23. The molecule has 2 nitrogen and oxygen atoms in total. The van der Waals surface area contributed by atoms with E-state index >= 15 is 0 Å². The van der Waals surface area contributed by atoms with E-state index in [1.165, 1.54) is 25.3 Å². The lowest BCUT2D eigenvalue weighted by Crippen LogP contribution is -2.20. The fourth-order valence-electron chi connectivity index (χ4n) is 1.27. The topological polar surface area (TPSA) is 35.2 Å². The second-order valence-corrected chi connectivity index (χ2v) is 3.73. The highest BCUT2D eigenvalue weighted by atomic mass is 35.5. The third-order valence-electron chi connectivity index (χ3n) is 2.05. The van der Waals surface area contributed by atoms with Gasteiger partial charge in [0.2, 0.25) is 0 Å². The van der Waals surface area contributed by atoms with E-state index in [1.807, 2.05) is 0 Å². The van der Waals surface area contributed by atoms with Gasteiger partial charge in [-0.05, 0) is 17.7 Å². The molecule has 1 aromatic carbocycles. The van der Waals surface area contributed by atoms with Crippen LogP contribution in [-0.2, 0) is 0 Å². The van der Waals surface area contributed by atoms with Crippen LogP contribution in [0.25, 0.3) is 0 Å². The molecule has 1 rings (SSSR count). The zero-order valence-electron chi connectivity index (χ0n) is 8.51. The standard InChI is InChI=1S/C10H11ClF3NO/c1-16-9-4-6(2-3-7(9)11)8(15)5-10(12,13)14/h2-4,8H,5,15H2,1H3/t8-/m0/s1. The van der Waals surface area contributed by atoms with Crippen LogP contribution in [0.3, 0.4) is 0 Å². The maximum Gasteiger partial charge on any atom is 0.390 e. The minimum atomic E-state index is -4.29. The molecular formula is C10H11ClF3NO. The number of methoxy groups -OCH3 is 1. The molecule has 2 N–H and O–H groups in total.